The quantitative estimate of drug-likeness (QED) is 0.348. The maximum absolute atomic E-state index is 13.0. The molecule has 1 heterocycles. The normalized spacial score (nSPS) is 18.0. The number of halogens is 6. The number of alkyl halides is 6. The standard InChI is InChI=1S/C12H17F6NO6S/c13-11(14,15)10(12(16,17)18,8-26(21,22)23)25-9(20)2-1-3-19-4-6-24-7-5-19/h1-8H2,(H,21,22,23)/p-1. The van der Waals surface area contributed by atoms with Crippen LogP contribution < -0.4 is 0 Å². The van der Waals surface area contributed by atoms with Gasteiger partial charge < -0.3 is 14.0 Å². The molecular formula is C12H16F6NO6S-. The van der Waals surface area contributed by atoms with Gasteiger partial charge in [-0.25, -0.2) is 8.42 Å². The fraction of sp³-hybridized carbons (Fsp3) is 0.917. The molecule has 0 N–H and O–H groups in total. The summed E-state index contributed by atoms with van der Waals surface area (Å²) in [5, 5.41) is 0. The number of morpholine rings is 1. The molecule has 154 valence electrons. The number of esters is 1. The average molecular weight is 416 g/mol. The predicted molar refractivity (Wildman–Crippen MR) is 72.0 cm³/mol. The largest absolute Gasteiger partial charge is 0.748 e. The summed E-state index contributed by atoms with van der Waals surface area (Å²) in [6.07, 6.45) is -13.6. The Morgan fingerprint density at radius 2 is 1.58 bits per heavy atom. The van der Waals surface area contributed by atoms with Crippen molar-refractivity contribution in [3.05, 3.63) is 0 Å². The molecule has 1 fully saturated rings. The van der Waals surface area contributed by atoms with Crippen molar-refractivity contribution in [2.45, 2.75) is 30.8 Å². The van der Waals surface area contributed by atoms with Gasteiger partial charge in [-0.2, -0.15) is 26.3 Å². The lowest BCUT2D eigenvalue weighted by molar-refractivity contribution is -0.361. The number of ether oxygens (including phenoxy) is 2. The van der Waals surface area contributed by atoms with Gasteiger partial charge in [-0.05, 0) is 13.0 Å². The Labute approximate surface area is 145 Å². The molecule has 0 spiro atoms. The first kappa shape index (κ1) is 22.9. The highest BCUT2D eigenvalue weighted by Gasteiger charge is 2.75. The van der Waals surface area contributed by atoms with Crippen LogP contribution in [0.5, 0.6) is 0 Å². The minimum absolute atomic E-state index is 0.116. The molecule has 0 aliphatic carbocycles. The number of hydrogen-bond donors (Lipinski definition) is 0. The lowest BCUT2D eigenvalue weighted by atomic mass is 10.1. The fourth-order valence-electron chi connectivity index (χ4n) is 2.24. The Morgan fingerprint density at radius 3 is 2.00 bits per heavy atom. The SMILES string of the molecule is O=C(CCCN1CCOCC1)OC(CS(=O)(=O)[O-])(C(F)(F)F)C(F)(F)F. The first-order valence-corrected chi connectivity index (χ1v) is 8.85. The Kier molecular flexibility index (Phi) is 7.29. The van der Waals surface area contributed by atoms with E-state index in [1.807, 2.05) is 0 Å². The van der Waals surface area contributed by atoms with Crippen LogP contribution >= 0.6 is 0 Å². The van der Waals surface area contributed by atoms with Gasteiger partial charge in [-0.1, -0.05) is 0 Å². The molecule has 0 atom stereocenters. The monoisotopic (exact) mass is 416 g/mol. The van der Waals surface area contributed by atoms with Crippen molar-refractivity contribution in [1.82, 2.24) is 4.90 Å². The van der Waals surface area contributed by atoms with Crippen LogP contribution in [0.4, 0.5) is 26.3 Å². The second-order valence-electron chi connectivity index (χ2n) is 5.56. The van der Waals surface area contributed by atoms with Crippen molar-refractivity contribution < 1.29 is 53.6 Å². The predicted octanol–water partition coefficient (Wildman–Crippen LogP) is 1.05. The molecule has 0 aromatic heterocycles. The molecule has 0 bridgehead atoms. The summed E-state index contributed by atoms with van der Waals surface area (Å²) < 4.78 is 118. The summed E-state index contributed by atoms with van der Waals surface area (Å²) in [4.78, 5) is 13.3. The van der Waals surface area contributed by atoms with E-state index in [0.717, 1.165) is 0 Å². The summed E-state index contributed by atoms with van der Waals surface area (Å²) in [7, 11) is -6.02. The second-order valence-corrected chi connectivity index (χ2v) is 6.96. The summed E-state index contributed by atoms with van der Waals surface area (Å²) in [6, 6.07) is 0. The van der Waals surface area contributed by atoms with Crippen molar-refractivity contribution in [3.8, 4) is 0 Å². The van der Waals surface area contributed by atoms with Crippen LogP contribution in [-0.2, 0) is 24.4 Å². The first-order valence-electron chi connectivity index (χ1n) is 7.27. The van der Waals surface area contributed by atoms with Crippen LogP contribution in [0.25, 0.3) is 0 Å². The van der Waals surface area contributed by atoms with E-state index in [-0.39, 0.29) is 13.0 Å². The van der Waals surface area contributed by atoms with Crippen molar-refractivity contribution in [2.24, 2.45) is 0 Å². The molecule has 0 amide bonds. The zero-order valence-corrected chi connectivity index (χ0v) is 14.0. The molecule has 26 heavy (non-hydrogen) atoms. The van der Waals surface area contributed by atoms with E-state index in [2.05, 4.69) is 4.74 Å². The van der Waals surface area contributed by atoms with E-state index in [1.54, 1.807) is 4.90 Å². The van der Waals surface area contributed by atoms with Gasteiger partial charge >= 0.3 is 23.9 Å². The van der Waals surface area contributed by atoms with Gasteiger partial charge in [0.2, 0.25) is 0 Å². The van der Waals surface area contributed by atoms with Gasteiger partial charge in [-0.3, -0.25) is 9.69 Å². The lowest BCUT2D eigenvalue weighted by Crippen LogP contribution is -2.63. The molecule has 14 heteroatoms. The minimum Gasteiger partial charge on any atom is -0.748 e. The number of hydrogen-bond acceptors (Lipinski definition) is 7. The van der Waals surface area contributed by atoms with Crippen LogP contribution in [0.2, 0.25) is 0 Å². The number of rotatable bonds is 7. The molecule has 0 unspecified atom stereocenters. The highest BCUT2D eigenvalue weighted by atomic mass is 32.2. The molecule has 1 aliphatic rings. The lowest BCUT2D eigenvalue weighted by Gasteiger charge is -2.37. The third-order valence-corrected chi connectivity index (χ3v) is 4.30. The molecule has 7 nitrogen and oxygen atoms in total. The van der Waals surface area contributed by atoms with Crippen molar-refractivity contribution in [1.29, 1.82) is 0 Å². The van der Waals surface area contributed by atoms with Crippen LogP contribution in [0.1, 0.15) is 12.8 Å². The molecule has 1 aliphatic heterocycles. The van der Waals surface area contributed by atoms with E-state index in [9.17, 15) is 44.1 Å². The maximum atomic E-state index is 13.0. The number of nitrogens with zero attached hydrogens (tertiary/aromatic N) is 1. The Bertz CT molecular complexity index is 570. The molecule has 1 rings (SSSR count). The van der Waals surface area contributed by atoms with Gasteiger partial charge in [0.05, 0.1) is 29.1 Å². The van der Waals surface area contributed by atoms with E-state index in [4.69, 9.17) is 4.74 Å². The Morgan fingerprint density at radius 1 is 1.08 bits per heavy atom. The van der Waals surface area contributed by atoms with Crippen LogP contribution in [0.15, 0.2) is 0 Å². The molecule has 0 aromatic rings. The molecule has 0 radical (unpaired) electrons. The van der Waals surface area contributed by atoms with Gasteiger partial charge in [0.25, 0.3) is 0 Å². The van der Waals surface area contributed by atoms with E-state index in [1.165, 1.54) is 0 Å². The van der Waals surface area contributed by atoms with Crippen LogP contribution in [-0.4, -0.2) is 80.4 Å². The van der Waals surface area contributed by atoms with Gasteiger partial charge in [0, 0.05) is 19.5 Å². The summed E-state index contributed by atoms with van der Waals surface area (Å²) in [6.45, 7) is 1.97. The Hall–Kier alpha value is -1.12. The zero-order valence-electron chi connectivity index (χ0n) is 13.2. The van der Waals surface area contributed by atoms with Crippen molar-refractivity contribution >= 4 is 16.1 Å². The highest BCUT2D eigenvalue weighted by Crippen LogP contribution is 2.47. The van der Waals surface area contributed by atoms with Crippen molar-refractivity contribution in [2.75, 3.05) is 38.6 Å². The number of carbonyl (C=O) groups is 1. The third kappa shape index (κ3) is 6.25. The van der Waals surface area contributed by atoms with Crippen LogP contribution in [0.3, 0.4) is 0 Å². The Balaban J connectivity index is 2.85. The van der Waals surface area contributed by atoms with Gasteiger partial charge in [0.1, 0.15) is 0 Å². The van der Waals surface area contributed by atoms with Crippen LogP contribution in [0, 0.1) is 0 Å². The zero-order chi connectivity index (χ0) is 20.2. The summed E-state index contributed by atoms with van der Waals surface area (Å²) in [5.41, 5.74) is -5.41. The molecular weight excluding hydrogens is 400 g/mol. The minimum atomic E-state index is -6.34. The molecule has 0 aromatic carbocycles. The summed E-state index contributed by atoms with van der Waals surface area (Å²) in [5.74, 6) is -4.89. The maximum Gasteiger partial charge on any atom is 0.438 e. The van der Waals surface area contributed by atoms with E-state index >= 15 is 0 Å². The highest BCUT2D eigenvalue weighted by molar-refractivity contribution is 7.85. The molecule has 0 saturated carbocycles. The summed E-state index contributed by atoms with van der Waals surface area (Å²) >= 11 is 0. The molecule has 1 saturated heterocycles. The van der Waals surface area contributed by atoms with Gasteiger partial charge in [0.15, 0.2) is 0 Å². The van der Waals surface area contributed by atoms with Crippen molar-refractivity contribution in [3.63, 3.8) is 0 Å². The topological polar surface area (TPSA) is 96.0 Å². The van der Waals surface area contributed by atoms with E-state index in [0.29, 0.717) is 26.3 Å². The average Bonchev–Trinajstić information content (AvgIpc) is 2.44. The third-order valence-electron chi connectivity index (χ3n) is 3.54. The fourth-order valence-corrected chi connectivity index (χ4v) is 3.12. The van der Waals surface area contributed by atoms with E-state index < -0.39 is 46.2 Å². The smallest absolute Gasteiger partial charge is 0.438 e. The first-order chi connectivity index (χ1) is 11.7. The van der Waals surface area contributed by atoms with Gasteiger partial charge in [-0.15, -0.1) is 0 Å². The number of carbonyl (C=O) groups excluding carboxylic acids is 1. The second kappa shape index (κ2) is 8.27.